The molecule has 6 heteroatoms. The molecular weight excluding hydrogens is 498 g/mol. The summed E-state index contributed by atoms with van der Waals surface area (Å²) in [4.78, 5) is 21.9. The molecule has 1 saturated heterocycles. The number of nitrogens with zero attached hydrogens (tertiary/aromatic N) is 3. The fraction of sp³-hybridized carbons (Fsp3) is 0.765. The third-order valence-corrected chi connectivity index (χ3v) is 12.6. The summed E-state index contributed by atoms with van der Waals surface area (Å²) in [5.41, 5.74) is 3.31. The fourth-order valence-corrected chi connectivity index (χ4v) is 10.3. The quantitative estimate of drug-likeness (QED) is 0.435. The van der Waals surface area contributed by atoms with Gasteiger partial charge in [-0.05, 0) is 98.2 Å². The maximum atomic E-state index is 13.3. The van der Waals surface area contributed by atoms with E-state index in [1.807, 2.05) is 12.3 Å². The molecule has 4 fully saturated rings. The van der Waals surface area contributed by atoms with Crippen molar-refractivity contribution in [2.24, 2.45) is 40.4 Å². The molecule has 40 heavy (non-hydrogen) atoms. The number of methoxy groups -OCH3 is 1. The number of allylic oxidation sites excluding steroid dienone is 1. The Morgan fingerprint density at radius 1 is 1.12 bits per heavy atom. The van der Waals surface area contributed by atoms with Crippen molar-refractivity contribution in [1.82, 2.24) is 9.88 Å². The molecule has 1 N–H and O–H groups in total. The van der Waals surface area contributed by atoms with E-state index in [0.717, 1.165) is 87.0 Å². The number of hydrogen-bond acceptors (Lipinski definition) is 5. The largest absolute Gasteiger partial charge is 0.494 e. The average Bonchev–Trinajstić information content (AvgIpc) is 3.33. The van der Waals surface area contributed by atoms with Gasteiger partial charge in [-0.15, -0.1) is 0 Å². The van der Waals surface area contributed by atoms with E-state index in [9.17, 15) is 9.90 Å². The summed E-state index contributed by atoms with van der Waals surface area (Å²) >= 11 is 0. The molecule has 3 saturated carbocycles. The Labute approximate surface area is 241 Å². The Morgan fingerprint density at radius 2 is 1.93 bits per heavy atom. The Hall–Kier alpha value is -2.08. The molecule has 8 atom stereocenters. The number of fused-ring (bicyclic) bond motifs is 5. The molecule has 6 rings (SSSR count). The van der Waals surface area contributed by atoms with Crippen LogP contribution in [0.4, 0.5) is 5.69 Å². The van der Waals surface area contributed by atoms with Crippen molar-refractivity contribution in [1.29, 1.82) is 0 Å². The summed E-state index contributed by atoms with van der Waals surface area (Å²) in [5, 5.41) is 10.3. The number of anilines is 1. The van der Waals surface area contributed by atoms with Crippen LogP contribution < -0.4 is 9.64 Å². The van der Waals surface area contributed by atoms with Crippen molar-refractivity contribution in [2.45, 2.75) is 91.1 Å². The predicted molar refractivity (Wildman–Crippen MR) is 159 cm³/mol. The van der Waals surface area contributed by atoms with Crippen molar-refractivity contribution >= 4 is 11.6 Å². The van der Waals surface area contributed by atoms with Crippen molar-refractivity contribution in [2.75, 3.05) is 38.2 Å². The second-order valence-electron chi connectivity index (χ2n) is 14.3. The first-order chi connectivity index (χ1) is 19.2. The number of ether oxygens (including phenoxy) is 1. The number of aliphatic hydroxyl groups excluding tert-OH is 1. The summed E-state index contributed by atoms with van der Waals surface area (Å²) in [6.07, 6.45) is 17.4. The zero-order valence-electron chi connectivity index (χ0n) is 25.3. The summed E-state index contributed by atoms with van der Waals surface area (Å²) < 4.78 is 5.52. The molecule has 220 valence electrons. The van der Waals surface area contributed by atoms with Gasteiger partial charge in [-0.1, -0.05) is 32.4 Å². The van der Waals surface area contributed by atoms with Gasteiger partial charge in [-0.3, -0.25) is 9.78 Å². The molecule has 1 aliphatic heterocycles. The van der Waals surface area contributed by atoms with Crippen molar-refractivity contribution in [3.8, 4) is 5.75 Å². The van der Waals surface area contributed by atoms with Gasteiger partial charge in [0.05, 0.1) is 25.1 Å². The van der Waals surface area contributed by atoms with Crippen LogP contribution in [-0.4, -0.2) is 60.3 Å². The summed E-state index contributed by atoms with van der Waals surface area (Å²) in [6.45, 7) is 10.8. The van der Waals surface area contributed by atoms with Crippen LogP contribution in [-0.2, 0) is 4.79 Å². The van der Waals surface area contributed by atoms with E-state index in [4.69, 9.17) is 4.74 Å². The van der Waals surface area contributed by atoms with Crippen LogP contribution >= 0.6 is 0 Å². The molecule has 0 aromatic carbocycles. The Morgan fingerprint density at radius 3 is 2.70 bits per heavy atom. The summed E-state index contributed by atoms with van der Waals surface area (Å²) in [7, 11) is 1.70. The van der Waals surface area contributed by atoms with E-state index >= 15 is 0 Å². The molecule has 2 heterocycles. The van der Waals surface area contributed by atoms with Crippen LogP contribution in [0.5, 0.6) is 5.75 Å². The molecule has 1 aromatic rings. The molecule has 6 nitrogen and oxygen atoms in total. The van der Waals surface area contributed by atoms with E-state index in [2.05, 4.69) is 41.6 Å². The lowest BCUT2D eigenvalue weighted by atomic mass is 9.47. The van der Waals surface area contributed by atoms with Gasteiger partial charge >= 0.3 is 0 Å². The number of carbonyl (C=O) groups is 1. The molecule has 1 amide bonds. The van der Waals surface area contributed by atoms with Gasteiger partial charge in [0.1, 0.15) is 5.75 Å². The predicted octanol–water partition coefficient (Wildman–Crippen LogP) is 6.10. The highest BCUT2D eigenvalue weighted by Crippen LogP contribution is 2.67. The smallest absolute Gasteiger partial charge is 0.222 e. The van der Waals surface area contributed by atoms with Gasteiger partial charge in [0, 0.05) is 44.9 Å². The third kappa shape index (κ3) is 4.76. The van der Waals surface area contributed by atoms with Crippen molar-refractivity contribution in [3.05, 3.63) is 30.1 Å². The SMILES string of the molecule is COc1ccncc1N1CCN(C(=O)CC[C@@H](C)[C@H]2CC[C@H]3[C@@H]4CC=C5C[C@@H](O)CC[C@]5(C)[C@H]4CC[C@]23C)CC1. The first-order valence-corrected chi connectivity index (χ1v) is 16.1. The maximum Gasteiger partial charge on any atom is 0.222 e. The molecular formula is C34H51N3O3. The number of hydrogen-bond donors (Lipinski definition) is 1. The number of aromatic nitrogens is 1. The number of aliphatic hydroxyl groups is 1. The summed E-state index contributed by atoms with van der Waals surface area (Å²) in [5.74, 6) is 4.89. The number of pyridine rings is 1. The minimum absolute atomic E-state index is 0.127. The van der Waals surface area contributed by atoms with Crippen LogP contribution in [0.15, 0.2) is 30.1 Å². The van der Waals surface area contributed by atoms with Crippen molar-refractivity contribution < 1.29 is 14.6 Å². The zero-order chi connectivity index (χ0) is 28.1. The standard InChI is InChI=1S/C34H51N3O3/c1-23(5-10-32(39)37-19-17-36(18-20-37)30-22-35-16-13-31(30)40-4)27-8-9-28-26-7-6-24-21-25(38)11-14-33(24,2)29(26)12-15-34(27,28)3/h6,13,16,22-23,25-29,38H,5,7-12,14-15,17-21H2,1-4H3/t23-,25+,26+,27-,28+,29+,33+,34-/m1/s1. The normalized spacial score (nSPS) is 38.1. The van der Waals surface area contributed by atoms with E-state index in [1.165, 1.54) is 32.1 Å². The highest BCUT2D eigenvalue weighted by atomic mass is 16.5. The minimum Gasteiger partial charge on any atom is -0.494 e. The molecule has 0 spiro atoms. The lowest BCUT2D eigenvalue weighted by Crippen LogP contribution is -2.51. The van der Waals surface area contributed by atoms with Gasteiger partial charge < -0.3 is 19.6 Å². The van der Waals surface area contributed by atoms with Crippen molar-refractivity contribution in [3.63, 3.8) is 0 Å². The molecule has 0 unspecified atom stereocenters. The molecule has 4 aliphatic carbocycles. The zero-order valence-corrected chi connectivity index (χ0v) is 25.3. The van der Waals surface area contributed by atoms with Crippen LogP contribution in [0.2, 0.25) is 0 Å². The van der Waals surface area contributed by atoms with Crippen LogP contribution in [0.1, 0.15) is 85.0 Å². The topological polar surface area (TPSA) is 65.9 Å². The number of amides is 1. The van der Waals surface area contributed by atoms with E-state index < -0.39 is 0 Å². The van der Waals surface area contributed by atoms with Crippen LogP contribution in [0.3, 0.4) is 0 Å². The maximum absolute atomic E-state index is 13.3. The van der Waals surface area contributed by atoms with Gasteiger partial charge in [-0.25, -0.2) is 0 Å². The summed E-state index contributed by atoms with van der Waals surface area (Å²) in [6, 6.07) is 1.90. The lowest BCUT2D eigenvalue weighted by molar-refractivity contribution is -0.132. The Kier molecular flexibility index (Phi) is 7.69. The Bertz CT molecular complexity index is 1110. The number of carbonyl (C=O) groups excluding carboxylic acids is 1. The number of rotatable bonds is 6. The second kappa shape index (κ2) is 11.0. The second-order valence-corrected chi connectivity index (χ2v) is 14.3. The van der Waals surface area contributed by atoms with Gasteiger partial charge in [-0.2, -0.15) is 0 Å². The highest BCUT2D eigenvalue weighted by Gasteiger charge is 2.59. The fourth-order valence-electron chi connectivity index (χ4n) is 10.3. The molecule has 5 aliphatic rings. The van der Waals surface area contributed by atoms with Gasteiger partial charge in [0.2, 0.25) is 5.91 Å². The van der Waals surface area contributed by atoms with Crippen LogP contribution in [0.25, 0.3) is 0 Å². The molecule has 0 bridgehead atoms. The van der Waals surface area contributed by atoms with Crippen LogP contribution in [0, 0.1) is 40.4 Å². The van der Waals surface area contributed by atoms with Gasteiger partial charge in [0.15, 0.2) is 0 Å². The first-order valence-electron chi connectivity index (χ1n) is 16.1. The van der Waals surface area contributed by atoms with Gasteiger partial charge in [0.25, 0.3) is 0 Å². The third-order valence-electron chi connectivity index (χ3n) is 12.6. The Balaban J connectivity index is 1.04. The first kappa shape index (κ1) is 28.1. The molecule has 0 radical (unpaired) electrons. The highest BCUT2D eigenvalue weighted by molar-refractivity contribution is 5.76. The van der Waals surface area contributed by atoms with E-state index in [1.54, 1.807) is 18.9 Å². The lowest BCUT2D eigenvalue weighted by Gasteiger charge is -2.58. The monoisotopic (exact) mass is 549 g/mol. The number of piperazine rings is 1. The van der Waals surface area contributed by atoms with E-state index in [-0.39, 0.29) is 6.10 Å². The minimum atomic E-state index is -0.127. The average molecular weight is 550 g/mol. The van der Waals surface area contributed by atoms with E-state index in [0.29, 0.717) is 29.1 Å². The molecule has 1 aromatic heterocycles.